The summed E-state index contributed by atoms with van der Waals surface area (Å²) in [5, 5.41) is 1.11. The van der Waals surface area contributed by atoms with E-state index in [1.807, 2.05) is 32.2 Å². The van der Waals surface area contributed by atoms with Crippen LogP contribution in [0.2, 0.25) is 0 Å². The quantitative estimate of drug-likeness (QED) is 0.471. The molecule has 4 nitrogen and oxygen atoms in total. The van der Waals surface area contributed by atoms with Crippen molar-refractivity contribution in [3.63, 3.8) is 0 Å². The molecular weight excluding hydrogens is 358 g/mol. The van der Waals surface area contributed by atoms with Gasteiger partial charge in [0, 0.05) is 17.1 Å². The van der Waals surface area contributed by atoms with Gasteiger partial charge in [0.25, 0.3) is 6.01 Å². The molecule has 0 atom stereocenters. The molecule has 4 heteroatoms. The van der Waals surface area contributed by atoms with Crippen molar-refractivity contribution in [3.05, 3.63) is 72.1 Å². The van der Waals surface area contributed by atoms with Crippen molar-refractivity contribution >= 4 is 16.5 Å². The topological polar surface area (TPSA) is 50.8 Å². The molecule has 0 unspecified atom stereocenters. The van der Waals surface area contributed by atoms with Gasteiger partial charge in [-0.3, -0.25) is 4.98 Å². The lowest BCUT2D eigenvalue weighted by Crippen LogP contribution is -1.97. The van der Waals surface area contributed by atoms with Crippen molar-refractivity contribution in [2.75, 3.05) is 6.61 Å². The summed E-state index contributed by atoms with van der Waals surface area (Å²) in [5.74, 6) is 0.297. The number of hydrogen-bond donors (Lipinski definition) is 1. The zero-order chi connectivity index (χ0) is 21.0. The summed E-state index contributed by atoms with van der Waals surface area (Å²) in [6.45, 7) is 14.8. The fourth-order valence-corrected chi connectivity index (χ4v) is 3.23. The third kappa shape index (κ3) is 4.83. The van der Waals surface area contributed by atoms with Crippen LogP contribution >= 0.6 is 0 Å². The predicted octanol–water partition coefficient (Wildman–Crippen LogP) is 6.50. The molecule has 0 aliphatic carbocycles. The van der Waals surface area contributed by atoms with Crippen molar-refractivity contribution in [2.24, 2.45) is 5.92 Å². The van der Waals surface area contributed by atoms with Gasteiger partial charge in [-0.1, -0.05) is 50.3 Å². The normalized spacial score (nSPS) is 12.3. The van der Waals surface area contributed by atoms with Gasteiger partial charge in [-0.15, -0.1) is 0 Å². The van der Waals surface area contributed by atoms with Gasteiger partial charge >= 0.3 is 0 Å². The summed E-state index contributed by atoms with van der Waals surface area (Å²) in [6, 6.07) is 8.98. The highest BCUT2D eigenvalue weighted by Gasteiger charge is 2.19. The Morgan fingerprint density at radius 2 is 2.07 bits per heavy atom. The summed E-state index contributed by atoms with van der Waals surface area (Å²) >= 11 is 0. The molecule has 2 heterocycles. The van der Waals surface area contributed by atoms with Crippen molar-refractivity contribution < 1.29 is 4.74 Å². The maximum Gasteiger partial charge on any atom is 0.294 e. The molecule has 0 fully saturated rings. The maximum absolute atomic E-state index is 5.69. The molecule has 0 saturated carbocycles. The van der Waals surface area contributed by atoms with E-state index in [-0.39, 0.29) is 0 Å². The second kappa shape index (κ2) is 8.91. The molecular formula is C25H29N3O. The van der Waals surface area contributed by atoms with E-state index in [0.717, 1.165) is 44.6 Å². The van der Waals surface area contributed by atoms with Crippen LogP contribution in [-0.2, 0) is 0 Å². The zero-order valence-electron chi connectivity index (χ0n) is 17.9. The predicted molar refractivity (Wildman–Crippen MR) is 122 cm³/mol. The van der Waals surface area contributed by atoms with Gasteiger partial charge in [-0.2, -0.15) is 4.98 Å². The van der Waals surface area contributed by atoms with E-state index in [2.05, 4.69) is 67.7 Å². The summed E-state index contributed by atoms with van der Waals surface area (Å²) in [7, 11) is 0. The van der Waals surface area contributed by atoms with Crippen LogP contribution in [-0.4, -0.2) is 21.6 Å². The molecule has 2 aromatic heterocycles. The Bertz CT molecular complexity index is 1090. The van der Waals surface area contributed by atoms with E-state index in [1.165, 1.54) is 0 Å². The van der Waals surface area contributed by atoms with Crippen LogP contribution in [0.5, 0.6) is 6.01 Å². The van der Waals surface area contributed by atoms with Gasteiger partial charge in [-0.05, 0) is 56.0 Å². The molecule has 0 amide bonds. The Hall–Kier alpha value is -3.14. The number of pyridine rings is 1. The average molecular weight is 388 g/mol. The van der Waals surface area contributed by atoms with E-state index < -0.39 is 0 Å². The highest BCUT2D eigenvalue weighted by atomic mass is 16.5. The van der Waals surface area contributed by atoms with Gasteiger partial charge in [0.15, 0.2) is 0 Å². The number of benzene rings is 1. The molecule has 0 radical (unpaired) electrons. The molecule has 3 rings (SSSR count). The lowest BCUT2D eigenvalue weighted by molar-refractivity contribution is 0.316. The molecule has 3 aromatic rings. The Morgan fingerprint density at radius 1 is 1.28 bits per heavy atom. The molecule has 0 aliphatic rings. The Morgan fingerprint density at radius 3 is 2.76 bits per heavy atom. The number of ether oxygens (including phenoxy) is 1. The monoisotopic (exact) mass is 387 g/mol. The van der Waals surface area contributed by atoms with Gasteiger partial charge in [0.1, 0.15) is 0 Å². The third-order valence-corrected chi connectivity index (χ3v) is 4.62. The summed E-state index contributed by atoms with van der Waals surface area (Å²) < 4.78 is 5.69. The third-order valence-electron chi connectivity index (χ3n) is 4.62. The number of nitrogens with zero attached hydrogens (tertiary/aromatic N) is 2. The van der Waals surface area contributed by atoms with Gasteiger partial charge in [0.05, 0.1) is 23.5 Å². The van der Waals surface area contributed by atoms with Gasteiger partial charge < -0.3 is 9.72 Å². The highest BCUT2D eigenvalue weighted by molar-refractivity contribution is 5.87. The van der Waals surface area contributed by atoms with Crippen LogP contribution in [0.4, 0.5) is 0 Å². The summed E-state index contributed by atoms with van der Waals surface area (Å²) in [5.41, 5.74) is 7.21. The fraction of sp³-hybridized carbons (Fsp3) is 0.280. The molecule has 0 saturated heterocycles. The minimum Gasteiger partial charge on any atom is -0.465 e. The standard InChI is InChI=1S/C25H29N3O/c1-7-29-25-27-23(19-11-12-22-20(14-19)13-18(6)15-26-22)24(28-25)21(17(4)5)10-8-9-16(2)3/h8-15,17H,2,7H2,1,3-6H3,(H,27,28)/b9-8-,21-10+. The number of allylic oxidation sites excluding steroid dienone is 5. The van der Waals surface area contributed by atoms with Crippen molar-refractivity contribution in [3.8, 4) is 17.3 Å². The van der Waals surface area contributed by atoms with E-state index in [1.54, 1.807) is 0 Å². The second-order valence-corrected chi connectivity index (χ2v) is 7.60. The van der Waals surface area contributed by atoms with E-state index in [4.69, 9.17) is 9.72 Å². The first-order valence-electron chi connectivity index (χ1n) is 10.0. The molecule has 1 N–H and O–H groups in total. The van der Waals surface area contributed by atoms with Crippen molar-refractivity contribution in [1.82, 2.24) is 15.0 Å². The molecule has 1 aromatic carbocycles. The number of rotatable bonds is 7. The van der Waals surface area contributed by atoms with Gasteiger partial charge in [0.2, 0.25) is 0 Å². The molecule has 0 aliphatic heterocycles. The van der Waals surface area contributed by atoms with Crippen LogP contribution in [0.15, 0.2) is 60.8 Å². The Kier molecular flexibility index (Phi) is 6.32. The largest absolute Gasteiger partial charge is 0.465 e. The lowest BCUT2D eigenvalue weighted by Gasteiger charge is -2.11. The number of imidazole rings is 1. The number of aryl methyl sites for hydroxylation is 1. The number of aromatic amines is 1. The first-order chi connectivity index (χ1) is 13.9. The van der Waals surface area contributed by atoms with Crippen LogP contribution < -0.4 is 4.74 Å². The molecule has 29 heavy (non-hydrogen) atoms. The van der Waals surface area contributed by atoms with E-state index in [9.17, 15) is 0 Å². The van der Waals surface area contributed by atoms with Crippen molar-refractivity contribution in [2.45, 2.75) is 34.6 Å². The minimum absolute atomic E-state index is 0.297. The second-order valence-electron chi connectivity index (χ2n) is 7.60. The van der Waals surface area contributed by atoms with Crippen molar-refractivity contribution in [1.29, 1.82) is 0 Å². The number of nitrogens with one attached hydrogen (secondary N) is 1. The average Bonchev–Trinajstić information content (AvgIpc) is 3.07. The van der Waals surface area contributed by atoms with Crippen LogP contribution in [0, 0.1) is 12.8 Å². The minimum atomic E-state index is 0.297. The molecule has 0 bridgehead atoms. The smallest absolute Gasteiger partial charge is 0.294 e. The molecule has 0 spiro atoms. The van der Waals surface area contributed by atoms with E-state index >= 15 is 0 Å². The summed E-state index contributed by atoms with van der Waals surface area (Å²) in [4.78, 5) is 12.7. The maximum atomic E-state index is 5.69. The summed E-state index contributed by atoms with van der Waals surface area (Å²) in [6.07, 6.45) is 8.04. The number of aromatic nitrogens is 3. The molecule has 150 valence electrons. The number of H-pyrrole nitrogens is 1. The van der Waals surface area contributed by atoms with E-state index in [0.29, 0.717) is 18.5 Å². The Balaban J connectivity index is 2.16. The fourth-order valence-electron chi connectivity index (χ4n) is 3.23. The SMILES string of the molecule is C=C(C)/C=C\C=C(\c1nc(OCC)[nH]c1-c1ccc2ncc(C)cc2c1)C(C)C. The first kappa shape index (κ1) is 20.6. The zero-order valence-corrected chi connectivity index (χ0v) is 17.9. The van der Waals surface area contributed by atoms with Crippen LogP contribution in [0.1, 0.15) is 39.0 Å². The highest BCUT2D eigenvalue weighted by Crippen LogP contribution is 2.34. The lowest BCUT2D eigenvalue weighted by atomic mass is 9.95. The first-order valence-corrected chi connectivity index (χ1v) is 10.0. The van der Waals surface area contributed by atoms with Gasteiger partial charge in [-0.25, -0.2) is 0 Å². The van der Waals surface area contributed by atoms with Crippen LogP contribution in [0.25, 0.3) is 27.7 Å². The number of fused-ring (bicyclic) bond motifs is 1. The number of hydrogen-bond acceptors (Lipinski definition) is 3. The Labute approximate surface area is 173 Å². The van der Waals surface area contributed by atoms with Crippen LogP contribution in [0.3, 0.4) is 0 Å².